The molecule has 12 aromatic rings. The van der Waals surface area contributed by atoms with Crippen molar-refractivity contribution in [1.82, 2.24) is 15.0 Å². The fourth-order valence-corrected chi connectivity index (χ4v) is 9.92. The van der Waals surface area contributed by atoms with Crippen molar-refractivity contribution in [2.75, 3.05) is 0 Å². The smallest absolute Gasteiger partial charge is 0.164 e. The summed E-state index contributed by atoms with van der Waals surface area (Å²) in [5.74, 6) is 1.92. The Morgan fingerprint density at radius 2 is 0.625 bits per heavy atom. The molecule has 0 atom stereocenters. The van der Waals surface area contributed by atoms with E-state index in [0.717, 1.165) is 33.0 Å². The molecule has 0 radical (unpaired) electrons. The number of hydrogen-bond donors (Lipinski definition) is 0. The van der Waals surface area contributed by atoms with Crippen molar-refractivity contribution in [3.63, 3.8) is 0 Å². The Labute approximate surface area is 370 Å². The predicted molar refractivity (Wildman–Crippen MR) is 267 cm³/mol. The molecule has 11 aromatic carbocycles. The molecule has 0 amide bonds. The summed E-state index contributed by atoms with van der Waals surface area (Å²) in [4.78, 5) is 15.4. The molecule has 1 aromatic heterocycles. The molecule has 3 heteroatoms. The van der Waals surface area contributed by atoms with Crippen LogP contribution in [-0.4, -0.2) is 15.0 Å². The summed E-state index contributed by atoms with van der Waals surface area (Å²) in [5, 5.41) is 9.69. The van der Waals surface area contributed by atoms with Gasteiger partial charge in [-0.2, -0.15) is 0 Å². The van der Waals surface area contributed by atoms with Crippen molar-refractivity contribution in [1.29, 1.82) is 0 Å². The largest absolute Gasteiger partial charge is 0.208 e. The lowest BCUT2D eigenvalue weighted by Crippen LogP contribution is -2.00. The maximum Gasteiger partial charge on any atom is 0.164 e. The summed E-state index contributed by atoms with van der Waals surface area (Å²) in [7, 11) is 0. The van der Waals surface area contributed by atoms with Crippen LogP contribution in [0.4, 0.5) is 0 Å². The maximum absolute atomic E-state index is 5.14. The minimum Gasteiger partial charge on any atom is -0.208 e. The molecular weight excluding hydrogens is 775 g/mol. The lowest BCUT2D eigenvalue weighted by Gasteiger charge is -2.16. The van der Waals surface area contributed by atoms with Crippen LogP contribution in [0.25, 0.3) is 133 Å². The van der Waals surface area contributed by atoms with Crippen molar-refractivity contribution < 1.29 is 0 Å². The van der Waals surface area contributed by atoms with Gasteiger partial charge >= 0.3 is 0 Å². The number of rotatable bonds is 6. The summed E-state index contributed by atoms with van der Waals surface area (Å²) in [5.41, 5.74) is 15.2. The molecule has 0 saturated carbocycles. The standard InChI is InChI=1S/C61H37N3/c1-3-13-45-36-47(30-20-38(45)10-1)60-62-59(63-61(64-60)48-31-21-39-11-2-4-14-46(39)37-48)44-28-26-43(27-29-44)57-50-15-6-5-12-40(50)32-33-51(57)42-24-22-41(23-25-42)49-34-35-56-53-17-8-7-16-52(53)55-19-9-18-54(49)58(55)56/h1-37H. The van der Waals surface area contributed by atoms with Gasteiger partial charge in [-0.15, -0.1) is 0 Å². The van der Waals surface area contributed by atoms with Crippen molar-refractivity contribution in [2.45, 2.75) is 0 Å². The van der Waals surface area contributed by atoms with Crippen LogP contribution in [0.3, 0.4) is 0 Å². The highest BCUT2D eigenvalue weighted by atomic mass is 15.0. The zero-order valence-electron chi connectivity index (χ0n) is 34.7. The van der Waals surface area contributed by atoms with Gasteiger partial charge in [-0.25, -0.2) is 15.0 Å². The highest BCUT2D eigenvalue weighted by Gasteiger charge is 2.22. The Bertz CT molecular complexity index is 3700. The van der Waals surface area contributed by atoms with Gasteiger partial charge in [0.2, 0.25) is 0 Å². The average molecular weight is 812 g/mol. The van der Waals surface area contributed by atoms with Gasteiger partial charge in [-0.05, 0) is 111 Å². The van der Waals surface area contributed by atoms with E-state index in [-0.39, 0.29) is 0 Å². The molecule has 3 nitrogen and oxygen atoms in total. The number of benzene rings is 11. The number of fused-ring (bicyclic) bond motifs is 6. The highest BCUT2D eigenvalue weighted by Crippen LogP contribution is 2.49. The Kier molecular flexibility index (Phi) is 8.22. The summed E-state index contributed by atoms with van der Waals surface area (Å²) < 4.78 is 0. The third-order valence-electron chi connectivity index (χ3n) is 13.1. The molecule has 0 fully saturated rings. The van der Waals surface area contributed by atoms with E-state index in [2.05, 4.69) is 224 Å². The molecule has 0 bridgehead atoms. The molecular formula is C61H37N3. The zero-order valence-corrected chi connectivity index (χ0v) is 34.7. The topological polar surface area (TPSA) is 38.7 Å². The van der Waals surface area contributed by atoms with Crippen LogP contribution in [-0.2, 0) is 0 Å². The third kappa shape index (κ3) is 5.94. The van der Waals surface area contributed by atoms with Crippen LogP contribution >= 0.6 is 0 Å². The maximum atomic E-state index is 5.14. The Hall–Kier alpha value is -8.53. The van der Waals surface area contributed by atoms with E-state index >= 15 is 0 Å². The van der Waals surface area contributed by atoms with E-state index < -0.39 is 0 Å². The first kappa shape index (κ1) is 36.2. The van der Waals surface area contributed by atoms with Gasteiger partial charge in [0.05, 0.1) is 0 Å². The second-order valence-corrected chi connectivity index (χ2v) is 16.7. The predicted octanol–water partition coefficient (Wildman–Crippen LogP) is 16.1. The molecule has 0 saturated heterocycles. The third-order valence-corrected chi connectivity index (χ3v) is 13.1. The summed E-state index contributed by atoms with van der Waals surface area (Å²) in [6.45, 7) is 0. The van der Waals surface area contributed by atoms with E-state index in [0.29, 0.717) is 17.5 Å². The van der Waals surface area contributed by atoms with Gasteiger partial charge in [0.25, 0.3) is 0 Å². The van der Waals surface area contributed by atoms with E-state index in [4.69, 9.17) is 15.0 Å². The minimum atomic E-state index is 0.633. The minimum absolute atomic E-state index is 0.633. The Morgan fingerprint density at radius 1 is 0.219 bits per heavy atom. The van der Waals surface area contributed by atoms with E-state index in [1.54, 1.807) is 0 Å². The highest BCUT2D eigenvalue weighted by molar-refractivity contribution is 6.18. The normalized spacial score (nSPS) is 11.8. The van der Waals surface area contributed by atoms with Crippen LogP contribution < -0.4 is 0 Å². The van der Waals surface area contributed by atoms with Gasteiger partial charge in [0.1, 0.15) is 0 Å². The lowest BCUT2D eigenvalue weighted by molar-refractivity contribution is 1.08. The van der Waals surface area contributed by atoms with Crippen molar-refractivity contribution in [3.05, 3.63) is 224 Å². The molecule has 0 unspecified atom stereocenters. The van der Waals surface area contributed by atoms with E-state index in [1.165, 1.54) is 82.4 Å². The van der Waals surface area contributed by atoms with Crippen LogP contribution in [0.15, 0.2) is 224 Å². The van der Waals surface area contributed by atoms with E-state index in [1.807, 2.05) is 0 Å². The Morgan fingerprint density at radius 3 is 1.27 bits per heavy atom. The molecule has 296 valence electrons. The molecule has 0 N–H and O–H groups in total. The lowest BCUT2D eigenvalue weighted by atomic mass is 9.88. The summed E-state index contributed by atoms with van der Waals surface area (Å²) >= 11 is 0. The quantitative estimate of drug-likeness (QED) is 0.168. The molecule has 0 aliphatic heterocycles. The van der Waals surface area contributed by atoms with Crippen LogP contribution in [0.1, 0.15) is 0 Å². The van der Waals surface area contributed by atoms with Gasteiger partial charge in [0, 0.05) is 16.7 Å². The van der Waals surface area contributed by atoms with Crippen LogP contribution in [0.5, 0.6) is 0 Å². The van der Waals surface area contributed by atoms with Gasteiger partial charge in [-0.3, -0.25) is 0 Å². The fourth-order valence-electron chi connectivity index (χ4n) is 9.92. The second kappa shape index (κ2) is 14.5. The number of hydrogen-bond acceptors (Lipinski definition) is 3. The molecule has 0 spiro atoms. The summed E-state index contributed by atoms with van der Waals surface area (Å²) in [6, 6.07) is 80.8. The fraction of sp³-hybridized carbons (Fsp3) is 0. The van der Waals surface area contributed by atoms with Gasteiger partial charge < -0.3 is 0 Å². The SMILES string of the molecule is c1ccc2c(c1)-c1cccc3c(-c4ccc(-c5ccc6ccccc6c5-c5ccc(-c6nc(-c7ccc8ccccc8c7)nc(-c7ccc8ccccc8c7)n6)cc5)cc4)ccc-2c13. The van der Waals surface area contributed by atoms with Crippen molar-refractivity contribution >= 4 is 43.1 Å². The first-order valence-electron chi connectivity index (χ1n) is 21.8. The van der Waals surface area contributed by atoms with Crippen LogP contribution in [0, 0.1) is 0 Å². The molecule has 1 aliphatic rings. The van der Waals surface area contributed by atoms with E-state index in [9.17, 15) is 0 Å². The molecule has 13 rings (SSSR count). The number of aromatic nitrogens is 3. The van der Waals surface area contributed by atoms with Gasteiger partial charge in [0.15, 0.2) is 17.5 Å². The molecule has 64 heavy (non-hydrogen) atoms. The van der Waals surface area contributed by atoms with Crippen LogP contribution in [0.2, 0.25) is 0 Å². The molecule has 1 aliphatic carbocycles. The second-order valence-electron chi connectivity index (χ2n) is 16.7. The first-order valence-corrected chi connectivity index (χ1v) is 21.8. The molecule has 1 heterocycles. The van der Waals surface area contributed by atoms with Crippen molar-refractivity contribution in [2.24, 2.45) is 0 Å². The monoisotopic (exact) mass is 811 g/mol. The zero-order chi connectivity index (χ0) is 42.1. The van der Waals surface area contributed by atoms with Gasteiger partial charge in [-0.1, -0.05) is 212 Å². The average Bonchev–Trinajstić information content (AvgIpc) is 3.70. The Balaban J connectivity index is 0.901. The summed E-state index contributed by atoms with van der Waals surface area (Å²) in [6.07, 6.45) is 0. The number of nitrogens with zero attached hydrogens (tertiary/aromatic N) is 3. The first-order chi connectivity index (χ1) is 31.7. The van der Waals surface area contributed by atoms with Crippen molar-refractivity contribution in [3.8, 4) is 89.8 Å².